The van der Waals surface area contributed by atoms with Crippen molar-refractivity contribution < 1.29 is 20.1 Å². The van der Waals surface area contributed by atoms with Crippen molar-refractivity contribution in [3.63, 3.8) is 0 Å². The number of aliphatic hydroxyl groups is 2. The first-order valence-corrected chi connectivity index (χ1v) is 31.4. The molecule has 17 rings (SSSR count). The molecule has 6 heteroatoms. The Morgan fingerprint density at radius 1 is 0.844 bits per heavy atom. The Morgan fingerprint density at radius 3 is 2.40 bits per heavy atom. The van der Waals surface area contributed by atoms with Crippen molar-refractivity contribution in [3.8, 4) is 0 Å². The lowest BCUT2D eigenvalue weighted by atomic mass is 9.29. The first-order chi connectivity index (χ1) is 37.2. The van der Waals surface area contributed by atoms with Crippen LogP contribution in [0, 0.1) is 74.4 Å². The number of carboxylic acids is 1. The average molecular weight is 1040 g/mol. The number of rotatable bonds is 5. The highest BCUT2D eigenvalue weighted by molar-refractivity contribution is 5.78. The topological polar surface area (TPSA) is 102 Å². The van der Waals surface area contributed by atoms with Crippen LogP contribution in [0.2, 0.25) is 0 Å². The molecule has 6 aliphatic heterocycles. The molecule has 0 amide bonds. The summed E-state index contributed by atoms with van der Waals surface area (Å²) in [5.41, 5.74) is 11.5. The van der Waals surface area contributed by atoms with Gasteiger partial charge < -0.3 is 26.0 Å². The van der Waals surface area contributed by atoms with Crippen LogP contribution in [0.1, 0.15) is 180 Å². The first-order valence-electron chi connectivity index (χ1n) is 31.4. The number of nitrogens with one attached hydrogen (secondary N) is 2. The molecule has 5 N–H and O–H groups in total. The van der Waals surface area contributed by atoms with E-state index in [4.69, 9.17) is 6.58 Å². The van der Waals surface area contributed by atoms with Gasteiger partial charge in [-0.25, -0.2) is 0 Å². The normalized spacial score (nSPS) is 39.2. The number of aliphatic hydroxyl groups excluding tert-OH is 2. The minimum Gasteiger partial charge on any atom is -0.481 e. The largest absolute Gasteiger partial charge is 0.481 e. The molecule has 4 fully saturated rings. The summed E-state index contributed by atoms with van der Waals surface area (Å²) in [4.78, 5) is 14.4. The van der Waals surface area contributed by atoms with Gasteiger partial charge in [-0.3, -0.25) is 4.79 Å². The molecule has 0 unspecified atom stereocenters. The molecule has 2 spiro atoms. The Balaban J connectivity index is 1.04. The lowest BCUT2D eigenvalue weighted by Crippen LogP contribution is -2.69. The van der Waals surface area contributed by atoms with E-state index in [-0.39, 0.29) is 39.4 Å². The zero-order valence-corrected chi connectivity index (χ0v) is 47.4. The monoisotopic (exact) mass is 1040 g/mol. The summed E-state index contributed by atoms with van der Waals surface area (Å²) < 4.78 is 0. The minimum absolute atomic E-state index is 0.133. The Kier molecular flexibility index (Phi) is 13.3. The van der Waals surface area contributed by atoms with Crippen LogP contribution in [0.5, 0.6) is 0 Å². The van der Waals surface area contributed by atoms with Gasteiger partial charge in [0.15, 0.2) is 0 Å². The van der Waals surface area contributed by atoms with Crippen LogP contribution < -0.4 is 21.1 Å². The first kappa shape index (κ1) is 52.0. The maximum atomic E-state index is 14.4. The van der Waals surface area contributed by atoms with E-state index in [0.29, 0.717) is 42.9 Å². The molecule has 2 aromatic carbocycles. The number of hydrogen-bond acceptors (Lipinski definition) is 5. The van der Waals surface area contributed by atoms with Crippen LogP contribution >= 0.6 is 0 Å². The molecule has 14 bridgehead atoms. The zero-order valence-electron chi connectivity index (χ0n) is 47.4. The fourth-order valence-electron chi connectivity index (χ4n) is 21.3. The number of carboxylic acid groups (broad SMARTS) is 1. The third-order valence-electron chi connectivity index (χ3n) is 24.3. The summed E-state index contributed by atoms with van der Waals surface area (Å²) in [5.74, 6) is 1.54. The SMILES string of the molecule is C=C1CC[C@@H](C(=O)O)[C@H]2[C@H](O)C[C@@]3(C4CCCCC4)C4=C(CC[C@]23C)[C@]23CC[C@H](O)[C@@]5(C)CC=C(CC(C)C)[C@@](C=C6C(=c7ccccc7=C[C@@H]62)Cc2cccc(c2)C2=CC=C(NCCC[C@H]1C1CCCCC1)NC2)(C4)[C@@H]53. The van der Waals surface area contributed by atoms with Crippen LogP contribution in [0.25, 0.3) is 17.2 Å². The van der Waals surface area contributed by atoms with Gasteiger partial charge >= 0.3 is 5.97 Å². The smallest absolute Gasteiger partial charge is 0.306 e. The van der Waals surface area contributed by atoms with E-state index in [2.05, 4.69) is 117 Å². The summed E-state index contributed by atoms with van der Waals surface area (Å²) in [6.45, 7) is 16.4. The maximum Gasteiger partial charge on any atom is 0.306 e. The Labute approximate surface area is 461 Å². The molecular formula is C71H92N2O4. The van der Waals surface area contributed by atoms with Gasteiger partial charge in [0.25, 0.3) is 0 Å². The van der Waals surface area contributed by atoms with Gasteiger partial charge in [-0.2, -0.15) is 0 Å². The molecule has 9 aliphatic carbocycles. The van der Waals surface area contributed by atoms with Gasteiger partial charge in [0.1, 0.15) is 0 Å². The van der Waals surface area contributed by atoms with E-state index in [9.17, 15) is 20.1 Å². The molecule has 410 valence electrons. The van der Waals surface area contributed by atoms with Crippen LogP contribution in [0.15, 0.2) is 113 Å². The third kappa shape index (κ3) is 7.97. The molecule has 12 atom stereocenters. The van der Waals surface area contributed by atoms with Gasteiger partial charge in [-0.1, -0.05) is 168 Å². The van der Waals surface area contributed by atoms with E-state index >= 15 is 0 Å². The van der Waals surface area contributed by atoms with Gasteiger partial charge in [0, 0.05) is 46.6 Å². The minimum atomic E-state index is -0.722. The van der Waals surface area contributed by atoms with Crippen LogP contribution in [-0.2, 0) is 11.2 Å². The number of dihydropyridines is 1. The van der Waals surface area contributed by atoms with E-state index in [0.717, 1.165) is 96.0 Å². The summed E-state index contributed by atoms with van der Waals surface area (Å²) in [6, 6.07) is 18.7. The summed E-state index contributed by atoms with van der Waals surface area (Å²) in [5, 5.41) is 48.1. The van der Waals surface area contributed by atoms with Gasteiger partial charge in [0.2, 0.25) is 0 Å². The van der Waals surface area contributed by atoms with E-state index in [1.165, 1.54) is 95.2 Å². The van der Waals surface area contributed by atoms with Crippen molar-refractivity contribution in [1.82, 2.24) is 10.6 Å². The Hall–Kier alpha value is -4.39. The highest BCUT2D eigenvalue weighted by atomic mass is 16.4. The van der Waals surface area contributed by atoms with Crippen LogP contribution in [-0.4, -0.2) is 46.6 Å². The van der Waals surface area contributed by atoms with Crippen molar-refractivity contribution >= 4 is 23.2 Å². The third-order valence-corrected chi connectivity index (χ3v) is 24.3. The molecule has 15 aliphatic rings. The van der Waals surface area contributed by atoms with Crippen molar-refractivity contribution in [2.75, 3.05) is 13.1 Å². The van der Waals surface area contributed by atoms with Crippen molar-refractivity contribution in [2.45, 2.75) is 188 Å². The quantitative estimate of drug-likeness (QED) is 0.191. The lowest BCUT2D eigenvalue weighted by molar-refractivity contribution is -0.168. The Bertz CT molecular complexity index is 2990. The summed E-state index contributed by atoms with van der Waals surface area (Å²) >= 11 is 0. The van der Waals surface area contributed by atoms with Gasteiger partial charge in [-0.15, -0.1) is 0 Å². The van der Waals surface area contributed by atoms with Crippen LogP contribution in [0.3, 0.4) is 0 Å². The highest BCUT2D eigenvalue weighted by Crippen LogP contribution is 2.83. The predicted octanol–water partition coefficient (Wildman–Crippen LogP) is 13.4. The second-order valence-corrected chi connectivity index (χ2v) is 28.3. The molecule has 0 radical (unpaired) electrons. The number of allylic oxidation sites excluding steroid dienone is 9. The summed E-state index contributed by atoms with van der Waals surface area (Å²) in [7, 11) is 0. The maximum absolute atomic E-state index is 14.4. The summed E-state index contributed by atoms with van der Waals surface area (Å²) in [6.07, 6.45) is 35.3. The Morgan fingerprint density at radius 2 is 1.64 bits per heavy atom. The second-order valence-electron chi connectivity index (χ2n) is 28.3. The molecule has 0 aromatic heterocycles. The van der Waals surface area contributed by atoms with Gasteiger partial charge in [0.05, 0.1) is 23.9 Å². The van der Waals surface area contributed by atoms with Gasteiger partial charge in [-0.05, 0) is 189 Å². The fourth-order valence-corrected chi connectivity index (χ4v) is 21.3. The zero-order chi connectivity index (χ0) is 53.1. The number of hydrogen-bond donors (Lipinski definition) is 5. The number of fused-ring (bicyclic) bond motifs is 1. The molecule has 0 saturated heterocycles. The lowest BCUT2D eigenvalue weighted by Gasteiger charge is -2.74. The van der Waals surface area contributed by atoms with Crippen LogP contribution in [0.4, 0.5) is 0 Å². The van der Waals surface area contributed by atoms with Crippen molar-refractivity contribution in [2.24, 2.45) is 74.4 Å². The van der Waals surface area contributed by atoms with Crippen molar-refractivity contribution in [1.29, 1.82) is 0 Å². The number of carbonyl (C=O) groups is 1. The van der Waals surface area contributed by atoms with E-state index in [1.54, 1.807) is 16.7 Å². The average Bonchev–Trinajstić information content (AvgIpc) is 3.94. The molecule has 6 heterocycles. The van der Waals surface area contributed by atoms with E-state index in [1.807, 2.05) is 0 Å². The molecule has 77 heavy (non-hydrogen) atoms. The molecular weight excluding hydrogens is 945 g/mol. The number of benzene rings is 2. The highest BCUT2D eigenvalue weighted by Gasteiger charge is 2.76. The second kappa shape index (κ2) is 19.7. The predicted molar refractivity (Wildman–Crippen MR) is 312 cm³/mol. The fraction of sp³-hybridized carbons (Fsp3) is 0.620. The van der Waals surface area contributed by atoms with E-state index < -0.39 is 29.5 Å². The molecule has 6 nitrogen and oxygen atoms in total. The van der Waals surface area contributed by atoms with Crippen molar-refractivity contribution in [3.05, 3.63) is 135 Å². The molecule has 2 aromatic rings. The molecule has 4 saturated carbocycles. The number of aliphatic carboxylic acids is 1. The standard InChI is InChI=1S/C71H92N2O4/c1-44(2)36-52-29-32-67(4)62(75)31-34-70-58-30-33-68(5)64-55(65(76)77)27-25-45(3)53(47-17-8-6-9-18-47)24-15-35-72-63-28-26-50(43-73-63)48-20-14-16-46(37-48)38-56-54-23-13-12-19-49(54)39-59(70)57(56)40-69(52,66(67)70)41-60(58)71(68,42-61(64)74)51-21-10-7-11-22-51/h12-14,16,19-20,23,26,28-29,37,39-40,44,47,51,53,55,59,61-62,64,66,72-75H,3,6-11,15,17-18,21-22,24-25,27,30-36,38,41-43H2,1-2,4-5H3,(H,76,77)/t53-,55-,59+,61-,62+,64+,66-,67-,68-,69-,70-,71-/m1/s1.